The Morgan fingerprint density at radius 2 is 2.29 bits per heavy atom. The molecule has 0 aliphatic heterocycles. The van der Waals surface area contributed by atoms with Gasteiger partial charge in [-0.25, -0.2) is 0 Å². The molecule has 2 saturated carbocycles. The summed E-state index contributed by atoms with van der Waals surface area (Å²) in [6, 6.07) is 4.46. The van der Waals surface area contributed by atoms with Crippen LogP contribution >= 0.6 is 0 Å². The quantitative estimate of drug-likeness (QED) is 0.867. The van der Waals surface area contributed by atoms with E-state index < -0.39 is 0 Å². The van der Waals surface area contributed by atoms with E-state index in [0.717, 1.165) is 24.2 Å². The third-order valence-corrected chi connectivity index (χ3v) is 4.89. The first-order chi connectivity index (χ1) is 8.24. The molecule has 1 heterocycles. The molecule has 2 aliphatic carbocycles. The minimum atomic E-state index is 0.318. The summed E-state index contributed by atoms with van der Waals surface area (Å²) in [6.45, 7) is 2.13. The average molecular weight is 230 g/mol. The number of hydrogen-bond donors (Lipinski definition) is 1. The van der Waals surface area contributed by atoms with Crippen molar-refractivity contribution >= 4 is 0 Å². The summed E-state index contributed by atoms with van der Waals surface area (Å²) in [5.41, 5.74) is 8.91. The second-order valence-electron chi connectivity index (χ2n) is 5.97. The van der Waals surface area contributed by atoms with E-state index in [1.807, 2.05) is 12.3 Å². The SMILES string of the molecule is Cc1cccnc1CC(N)C1CC2CCC1C2. The lowest BCUT2D eigenvalue weighted by Gasteiger charge is -2.27. The third kappa shape index (κ3) is 2.11. The van der Waals surface area contributed by atoms with E-state index in [9.17, 15) is 0 Å². The highest BCUT2D eigenvalue weighted by Crippen LogP contribution is 2.49. The molecular formula is C15H22N2. The third-order valence-electron chi connectivity index (χ3n) is 4.89. The summed E-state index contributed by atoms with van der Waals surface area (Å²) < 4.78 is 0. The van der Waals surface area contributed by atoms with E-state index in [2.05, 4.69) is 18.0 Å². The van der Waals surface area contributed by atoms with Crippen LogP contribution in [0.3, 0.4) is 0 Å². The summed E-state index contributed by atoms with van der Waals surface area (Å²) >= 11 is 0. The molecule has 2 nitrogen and oxygen atoms in total. The van der Waals surface area contributed by atoms with Crippen LogP contribution < -0.4 is 5.73 Å². The molecule has 1 aromatic heterocycles. The summed E-state index contributed by atoms with van der Waals surface area (Å²) in [6.07, 6.45) is 8.54. The first-order valence-electron chi connectivity index (χ1n) is 6.90. The van der Waals surface area contributed by atoms with Gasteiger partial charge < -0.3 is 5.73 Å². The van der Waals surface area contributed by atoms with Crippen molar-refractivity contribution in [1.82, 2.24) is 4.98 Å². The number of aryl methyl sites for hydroxylation is 1. The fraction of sp³-hybridized carbons (Fsp3) is 0.667. The van der Waals surface area contributed by atoms with Gasteiger partial charge in [-0.2, -0.15) is 0 Å². The van der Waals surface area contributed by atoms with Gasteiger partial charge in [-0.15, -0.1) is 0 Å². The molecule has 0 aromatic carbocycles. The van der Waals surface area contributed by atoms with Gasteiger partial charge in [0.1, 0.15) is 0 Å². The molecule has 0 saturated heterocycles. The van der Waals surface area contributed by atoms with Gasteiger partial charge in [0.05, 0.1) is 0 Å². The molecule has 2 heteroatoms. The predicted octanol–water partition coefficient (Wildman–Crippen LogP) is 2.70. The average Bonchev–Trinajstić information content (AvgIpc) is 2.94. The molecule has 3 rings (SSSR count). The summed E-state index contributed by atoms with van der Waals surface area (Å²) in [5.74, 6) is 2.66. The van der Waals surface area contributed by atoms with Crippen LogP contribution in [0.15, 0.2) is 18.3 Å². The lowest BCUT2D eigenvalue weighted by Crippen LogP contribution is -2.35. The highest BCUT2D eigenvalue weighted by Gasteiger charge is 2.42. The van der Waals surface area contributed by atoms with Crippen LogP contribution in [-0.4, -0.2) is 11.0 Å². The normalized spacial score (nSPS) is 32.9. The molecule has 0 radical (unpaired) electrons. The lowest BCUT2D eigenvalue weighted by molar-refractivity contribution is 0.279. The number of nitrogens with two attached hydrogens (primary N) is 1. The first-order valence-corrected chi connectivity index (χ1v) is 6.90. The second kappa shape index (κ2) is 4.41. The Kier molecular flexibility index (Phi) is 2.91. The Morgan fingerprint density at radius 1 is 1.41 bits per heavy atom. The van der Waals surface area contributed by atoms with E-state index >= 15 is 0 Å². The molecule has 0 spiro atoms. The van der Waals surface area contributed by atoms with E-state index in [1.165, 1.54) is 36.9 Å². The van der Waals surface area contributed by atoms with Crippen molar-refractivity contribution < 1.29 is 0 Å². The maximum absolute atomic E-state index is 6.43. The van der Waals surface area contributed by atoms with Crippen molar-refractivity contribution in [2.24, 2.45) is 23.5 Å². The van der Waals surface area contributed by atoms with Crippen molar-refractivity contribution in [2.75, 3.05) is 0 Å². The Balaban J connectivity index is 1.68. The zero-order chi connectivity index (χ0) is 11.8. The molecule has 0 amide bonds. The Morgan fingerprint density at radius 3 is 2.94 bits per heavy atom. The molecule has 2 bridgehead atoms. The monoisotopic (exact) mass is 230 g/mol. The van der Waals surface area contributed by atoms with E-state index in [-0.39, 0.29) is 0 Å². The number of hydrogen-bond acceptors (Lipinski definition) is 2. The van der Waals surface area contributed by atoms with Crippen LogP contribution in [0.2, 0.25) is 0 Å². The van der Waals surface area contributed by atoms with Crippen molar-refractivity contribution in [1.29, 1.82) is 0 Å². The van der Waals surface area contributed by atoms with Gasteiger partial charge >= 0.3 is 0 Å². The van der Waals surface area contributed by atoms with Gasteiger partial charge in [0.25, 0.3) is 0 Å². The van der Waals surface area contributed by atoms with Gasteiger partial charge in [0.15, 0.2) is 0 Å². The second-order valence-corrected chi connectivity index (χ2v) is 5.97. The molecule has 4 unspecified atom stereocenters. The highest BCUT2D eigenvalue weighted by molar-refractivity contribution is 5.19. The largest absolute Gasteiger partial charge is 0.327 e. The molecule has 17 heavy (non-hydrogen) atoms. The summed E-state index contributed by atoms with van der Waals surface area (Å²) in [4.78, 5) is 4.47. The van der Waals surface area contributed by atoms with Gasteiger partial charge in [0.2, 0.25) is 0 Å². The molecule has 2 N–H and O–H groups in total. The predicted molar refractivity (Wildman–Crippen MR) is 69.6 cm³/mol. The summed E-state index contributed by atoms with van der Waals surface area (Å²) in [7, 11) is 0. The van der Waals surface area contributed by atoms with Crippen LogP contribution in [0, 0.1) is 24.7 Å². The Hall–Kier alpha value is -0.890. The van der Waals surface area contributed by atoms with Crippen molar-refractivity contribution in [3.05, 3.63) is 29.6 Å². The van der Waals surface area contributed by atoms with E-state index in [0.29, 0.717) is 6.04 Å². The molecule has 92 valence electrons. The zero-order valence-corrected chi connectivity index (χ0v) is 10.6. The van der Waals surface area contributed by atoms with E-state index in [4.69, 9.17) is 5.73 Å². The van der Waals surface area contributed by atoms with Gasteiger partial charge in [-0.05, 0) is 55.6 Å². The molecule has 2 fully saturated rings. The van der Waals surface area contributed by atoms with Gasteiger partial charge in [-0.1, -0.05) is 12.5 Å². The molecule has 1 aromatic rings. The molecular weight excluding hydrogens is 208 g/mol. The van der Waals surface area contributed by atoms with Crippen molar-refractivity contribution in [2.45, 2.75) is 45.1 Å². The molecule has 2 aliphatic rings. The van der Waals surface area contributed by atoms with Gasteiger partial charge in [-0.3, -0.25) is 4.98 Å². The maximum Gasteiger partial charge on any atom is 0.0448 e. The van der Waals surface area contributed by atoms with Crippen LogP contribution in [-0.2, 0) is 6.42 Å². The minimum absolute atomic E-state index is 0.318. The van der Waals surface area contributed by atoms with Crippen molar-refractivity contribution in [3.63, 3.8) is 0 Å². The van der Waals surface area contributed by atoms with E-state index in [1.54, 1.807) is 0 Å². The maximum atomic E-state index is 6.43. The number of pyridine rings is 1. The fourth-order valence-corrected chi connectivity index (χ4v) is 3.93. The number of nitrogens with zero attached hydrogens (tertiary/aromatic N) is 1. The van der Waals surface area contributed by atoms with Crippen molar-refractivity contribution in [3.8, 4) is 0 Å². The highest BCUT2D eigenvalue weighted by atomic mass is 14.7. The molecule has 4 atom stereocenters. The standard InChI is InChI=1S/C15H22N2/c1-10-3-2-6-17-15(10)9-14(16)13-8-11-4-5-12(13)7-11/h2-3,6,11-14H,4-5,7-9,16H2,1H3. The van der Waals surface area contributed by atoms with Gasteiger partial charge in [0, 0.05) is 24.4 Å². The Bertz CT molecular complexity index is 402. The fourth-order valence-electron chi connectivity index (χ4n) is 3.93. The summed E-state index contributed by atoms with van der Waals surface area (Å²) in [5, 5.41) is 0. The number of rotatable bonds is 3. The first kappa shape index (κ1) is 11.2. The topological polar surface area (TPSA) is 38.9 Å². The number of fused-ring (bicyclic) bond motifs is 2. The minimum Gasteiger partial charge on any atom is -0.327 e. The lowest BCUT2D eigenvalue weighted by atomic mass is 9.81. The van der Waals surface area contributed by atoms with Crippen LogP contribution in [0.1, 0.15) is 36.9 Å². The number of aromatic nitrogens is 1. The Labute approximate surface area is 104 Å². The zero-order valence-electron chi connectivity index (χ0n) is 10.6. The smallest absolute Gasteiger partial charge is 0.0448 e. The van der Waals surface area contributed by atoms with Crippen LogP contribution in [0.25, 0.3) is 0 Å². The van der Waals surface area contributed by atoms with Crippen LogP contribution in [0.5, 0.6) is 0 Å². The van der Waals surface area contributed by atoms with Crippen LogP contribution in [0.4, 0.5) is 0 Å².